The highest BCUT2D eigenvalue weighted by Crippen LogP contribution is 2.48. The fourth-order valence-electron chi connectivity index (χ4n) is 9.17. The van der Waals surface area contributed by atoms with E-state index in [0.29, 0.717) is 0 Å². The number of rotatable bonds is 4. The van der Waals surface area contributed by atoms with E-state index >= 15 is 0 Å². The van der Waals surface area contributed by atoms with Crippen LogP contribution in [-0.4, -0.2) is 0 Å². The minimum Gasteiger partial charge on any atom is -0.0622 e. The van der Waals surface area contributed by atoms with Crippen LogP contribution in [0.25, 0.3) is 88.3 Å². The lowest BCUT2D eigenvalue weighted by Crippen LogP contribution is -1.94. The molecule has 0 unspecified atom stereocenters. The number of hydrogen-bond acceptors (Lipinski definition) is 0. The second-order valence-corrected chi connectivity index (χ2v) is 14.4. The number of fused-ring (bicyclic) bond motifs is 8. The lowest BCUT2D eigenvalue weighted by Gasteiger charge is -2.20. The molecule has 0 spiro atoms. The minimum absolute atomic E-state index is 0.973. The molecule has 0 amide bonds. The Hall–Kier alpha value is -6.50. The third-order valence-corrected chi connectivity index (χ3v) is 11.5. The van der Waals surface area contributed by atoms with Crippen molar-refractivity contribution in [2.75, 3.05) is 0 Å². The van der Waals surface area contributed by atoms with Crippen molar-refractivity contribution in [2.45, 2.75) is 12.8 Å². The second kappa shape index (κ2) is 11.5. The third-order valence-electron chi connectivity index (χ3n) is 11.5. The lowest BCUT2D eigenvalue weighted by molar-refractivity contribution is 1.26. The molecule has 9 aromatic rings. The molecular formula is C52H34. The molecule has 0 N–H and O–H groups in total. The van der Waals surface area contributed by atoms with Gasteiger partial charge in [-0.05, 0) is 129 Å². The summed E-state index contributed by atoms with van der Waals surface area (Å²) in [7, 11) is 0. The molecule has 242 valence electrons. The predicted octanol–water partition coefficient (Wildman–Crippen LogP) is 13.8. The van der Waals surface area contributed by atoms with E-state index in [1.54, 1.807) is 0 Å². The van der Waals surface area contributed by atoms with Crippen molar-refractivity contribution in [1.29, 1.82) is 0 Å². The normalized spacial score (nSPS) is 12.5. The minimum atomic E-state index is 0.973. The standard InChI is InChI=1S/C52H34/c1-2-12-33(13-3-1)41-16-8-9-19-44(41)36-22-27-49-50(32-36)52(38-24-26-46-40(31-38)29-35-15-5-7-18-43(35)46)48-21-11-10-20-47(48)51(49)37-23-25-45-39(30-37)28-34-14-4-6-17-42(34)45/h1-27,30-32H,28-29H2. The lowest BCUT2D eigenvalue weighted by atomic mass is 9.83. The first kappa shape index (κ1) is 29.3. The van der Waals surface area contributed by atoms with Gasteiger partial charge < -0.3 is 0 Å². The highest BCUT2D eigenvalue weighted by molar-refractivity contribution is 6.22. The van der Waals surface area contributed by atoms with Gasteiger partial charge >= 0.3 is 0 Å². The summed E-state index contributed by atoms with van der Waals surface area (Å²) in [5, 5.41) is 5.15. The molecule has 0 heterocycles. The smallest absolute Gasteiger partial charge is 0.00132 e. The molecule has 0 aliphatic heterocycles. The van der Waals surface area contributed by atoms with Crippen molar-refractivity contribution >= 4 is 21.5 Å². The van der Waals surface area contributed by atoms with E-state index in [-0.39, 0.29) is 0 Å². The molecule has 0 heteroatoms. The fourth-order valence-corrected chi connectivity index (χ4v) is 9.17. The van der Waals surface area contributed by atoms with Crippen LogP contribution in [0.5, 0.6) is 0 Å². The molecule has 0 aromatic heterocycles. The predicted molar refractivity (Wildman–Crippen MR) is 220 cm³/mol. The van der Waals surface area contributed by atoms with E-state index < -0.39 is 0 Å². The molecule has 52 heavy (non-hydrogen) atoms. The summed E-state index contributed by atoms with van der Waals surface area (Å²) < 4.78 is 0. The summed E-state index contributed by atoms with van der Waals surface area (Å²) in [6.07, 6.45) is 1.95. The largest absolute Gasteiger partial charge is 0.0622 e. The summed E-state index contributed by atoms with van der Waals surface area (Å²) >= 11 is 0. The Morgan fingerprint density at radius 2 is 0.654 bits per heavy atom. The van der Waals surface area contributed by atoms with Crippen LogP contribution in [0.4, 0.5) is 0 Å². The Labute approximate surface area is 304 Å². The third kappa shape index (κ3) is 4.48. The van der Waals surface area contributed by atoms with Gasteiger partial charge in [-0.3, -0.25) is 0 Å². The monoisotopic (exact) mass is 658 g/mol. The van der Waals surface area contributed by atoms with E-state index in [0.717, 1.165) is 12.8 Å². The van der Waals surface area contributed by atoms with E-state index in [1.165, 1.54) is 111 Å². The van der Waals surface area contributed by atoms with Gasteiger partial charge in [-0.1, -0.05) is 176 Å². The van der Waals surface area contributed by atoms with Crippen molar-refractivity contribution in [3.8, 4) is 66.8 Å². The van der Waals surface area contributed by atoms with Crippen LogP contribution in [0.1, 0.15) is 22.3 Å². The summed E-state index contributed by atoms with van der Waals surface area (Å²) in [5.74, 6) is 0. The number of hydrogen-bond donors (Lipinski definition) is 0. The average molecular weight is 659 g/mol. The Kier molecular flexibility index (Phi) is 6.48. The highest BCUT2D eigenvalue weighted by Gasteiger charge is 2.24. The zero-order chi connectivity index (χ0) is 34.2. The van der Waals surface area contributed by atoms with Crippen molar-refractivity contribution in [1.82, 2.24) is 0 Å². The molecule has 11 rings (SSSR count). The quantitative estimate of drug-likeness (QED) is 0.165. The Balaban J connectivity index is 1.19. The van der Waals surface area contributed by atoms with Crippen LogP contribution in [0.3, 0.4) is 0 Å². The Morgan fingerprint density at radius 3 is 1.25 bits per heavy atom. The van der Waals surface area contributed by atoms with Crippen molar-refractivity contribution < 1.29 is 0 Å². The molecule has 0 nitrogen and oxygen atoms in total. The molecule has 9 aromatic carbocycles. The maximum atomic E-state index is 2.47. The van der Waals surface area contributed by atoms with Gasteiger partial charge in [0.1, 0.15) is 0 Å². The summed E-state index contributed by atoms with van der Waals surface area (Å²) in [6.45, 7) is 0. The van der Waals surface area contributed by atoms with Crippen LogP contribution in [-0.2, 0) is 12.8 Å². The van der Waals surface area contributed by atoms with Crippen molar-refractivity contribution in [3.63, 3.8) is 0 Å². The SMILES string of the molecule is c1ccc(-c2ccccc2-c2ccc3c(-c4ccc5c(c4)Cc4ccccc4-5)c4ccccc4c(-c4ccc5c(c4)Cc4ccccc4-5)c3c2)cc1. The first-order chi connectivity index (χ1) is 25.8. The molecular weight excluding hydrogens is 625 g/mol. The van der Waals surface area contributed by atoms with Gasteiger partial charge in [0.25, 0.3) is 0 Å². The van der Waals surface area contributed by atoms with Crippen molar-refractivity contribution in [2.24, 2.45) is 0 Å². The Morgan fingerprint density at radius 1 is 0.231 bits per heavy atom. The maximum Gasteiger partial charge on any atom is -0.00132 e. The molecule has 0 saturated heterocycles. The van der Waals surface area contributed by atoms with E-state index in [2.05, 4.69) is 182 Å². The topological polar surface area (TPSA) is 0 Å². The van der Waals surface area contributed by atoms with Gasteiger partial charge in [0.15, 0.2) is 0 Å². The molecule has 2 aliphatic carbocycles. The molecule has 0 atom stereocenters. The van der Waals surface area contributed by atoms with Crippen LogP contribution in [0, 0.1) is 0 Å². The summed E-state index contributed by atoms with van der Waals surface area (Å²) in [6, 6.07) is 68.0. The van der Waals surface area contributed by atoms with E-state index in [1.807, 2.05) is 0 Å². The van der Waals surface area contributed by atoms with Gasteiger partial charge in [0.2, 0.25) is 0 Å². The Bertz CT molecular complexity index is 2890. The molecule has 0 radical (unpaired) electrons. The summed E-state index contributed by atoms with van der Waals surface area (Å²) in [5.41, 5.74) is 21.2. The van der Waals surface area contributed by atoms with E-state index in [9.17, 15) is 0 Å². The van der Waals surface area contributed by atoms with Crippen LogP contribution >= 0.6 is 0 Å². The fraction of sp³-hybridized carbons (Fsp3) is 0.0385. The first-order valence-corrected chi connectivity index (χ1v) is 18.3. The molecule has 2 aliphatic rings. The molecule has 0 bridgehead atoms. The van der Waals surface area contributed by atoms with Crippen molar-refractivity contribution in [3.05, 3.63) is 204 Å². The average Bonchev–Trinajstić information content (AvgIpc) is 3.77. The first-order valence-electron chi connectivity index (χ1n) is 18.3. The van der Waals surface area contributed by atoms with Crippen LogP contribution in [0.15, 0.2) is 182 Å². The van der Waals surface area contributed by atoms with Gasteiger partial charge in [-0.25, -0.2) is 0 Å². The molecule has 0 fully saturated rings. The highest BCUT2D eigenvalue weighted by atomic mass is 14.3. The number of benzene rings is 9. The summed E-state index contributed by atoms with van der Waals surface area (Å²) in [4.78, 5) is 0. The van der Waals surface area contributed by atoms with Crippen LogP contribution in [0.2, 0.25) is 0 Å². The zero-order valence-corrected chi connectivity index (χ0v) is 28.7. The van der Waals surface area contributed by atoms with Gasteiger partial charge in [-0.15, -0.1) is 0 Å². The molecule has 0 saturated carbocycles. The van der Waals surface area contributed by atoms with Crippen LogP contribution < -0.4 is 0 Å². The van der Waals surface area contributed by atoms with Gasteiger partial charge in [0, 0.05) is 0 Å². The van der Waals surface area contributed by atoms with Gasteiger partial charge in [0.05, 0.1) is 0 Å². The van der Waals surface area contributed by atoms with Gasteiger partial charge in [-0.2, -0.15) is 0 Å². The second-order valence-electron chi connectivity index (χ2n) is 14.4. The van der Waals surface area contributed by atoms with E-state index in [4.69, 9.17) is 0 Å². The maximum absolute atomic E-state index is 2.47. The zero-order valence-electron chi connectivity index (χ0n) is 28.7.